The SMILES string of the molecule is O=C(Cn1nc(C(F)F)cc1C1CC1)N1CCN(Cc2ccccc2)CC1. The number of carbonyl (C=O) groups excluding carboxylic acids is 1. The molecule has 0 spiro atoms. The molecule has 1 aliphatic carbocycles. The number of carbonyl (C=O) groups is 1. The lowest BCUT2D eigenvalue weighted by molar-refractivity contribution is -0.133. The van der Waals surface area contributed by atoms with Crippen molar-refractivity contribution in [1.29, 1.82) is 0 Å². The molecule has 27 heavy (non-hydrogen) atoms. The quantitative estimate of drug-likeness (QED) is 0.780. The monoisotopic (exact) mass is 374 g/mol. The zero-order valence-corrected chi connectivity index (χ0v) is 15.2. The molecule has 1 amide bonds. The fraction of sp³-hybridized carbons (Fsp3) is 0.500. The van der Waals surface area contributed by atoms with E-state index in [4.69, 9.17) is 0 Å². The molecule has 1 aliphatic heterocycles. The van der Waals surface area contributed by atoms with Crippen molar-refractivity contribution in [3.8, 4) is 0 Å². The maximum atomic E-state index is 13.0. The fourth-order valence-electron chi connectivity index (χ4n) is 3.62. The summed E-state index contributed by atoms with van der Waals surface area (Å²) in [6.45, 7) is 3.89. The molecule has 1 aromatic heterocycles. The van der Waals surface area contributed by atoms with Crippen LogP contribution >= 0.6 is 0 Å². The number of benzene rings is 1. The summed E-state index contributed by atoms with van der Waals surface area (Å²) in [5, 5.41) is 3.99. The van der Waals surface area contributed by atoms with Crippen LogP contribution in [0.4, 0.5) is 8.78 Å². The minimum absolute atomic E-state index is 0.0415. The second kappa shape index (κ2) is 7.76. The lowest BCUT2D eigenvalue weighted by Gasteiger charge is -2.34. The van der Waals surface area contributed by atoms with Gasteiger partial charge in [-0.05, 0) is 24.5 Å². The molecule has 7 heteroatoms. The molecule has 2 heterocycles. The van der Waals surface area contributed by atoms with Crippen molar-refractivity contribution in [2.24, 2.45) is 0 Å². The Labute approximate surface area is 157 Å². The van der Waals surface area contributed by atoms with Crippen LogP contribution in [0.3, 0.4) is 0 Å². The van der Waals surface area contributed by atoms with Crippen LogP contribution in [0.25, 0.3) is 0 Å². The highest BCUT2D eigenvalue weighted by atomic mass is 19.3. The Kier molecular flexibility index (Phi) is 5.20. The van der Waals surface area contributed by atoms with Gasteiger partial charge in [0.1, 0.15) is 12.2 Å². The number of alkyl halides is 2. The van der Waals surface area contributed by atoms with Gasteiger partial charge in [-0.25, -0.2) is 8.78 Å². The summed E-state index contributed by atoms with van der Waals surface area (Å²) in [6.07, 6.45) is -0.623. The highest BCUT2D eigenvalue weighted by Crippen LogP contribution is 2.41. The predicted octanol–water partition coefficient (Wildman–Crippen LogP) is 3.04. The van der Waals surface area contributed by atoms with Crippen LogP contribution in [0.1, 0.15) is 42.1 Å². The lowest BCUT2D eigenvalue weighted by atomic mass is 10.2. The molecule has 0 atom stereocenters. The van der Waals surface area contributed by atoms with Gasteiger partial charge in [-0.15, -0.1) is 0 Å². The Balaban J connectivity index is 1.33. The fourth-order valence-corrected chi connectivity index (χ4v) is 3.62. The van der Waals surface area contributed by atoms with Crippen molar-refractivity contribution in [2.45, 2.75) is 38.3 Å². The summed E-state index contributed by atoms with van der Waals surface area (Å²) in [6, 6.07) is 11.7. The number of piperazine rings is 1. The maximum Gasteiger partial charge on any atom is 0.282 e. The third-order valence-electron chi connectivity index (χ3n) is 5.31. The molecule has 5 nitrogen and oxygen atoms in total. The first-order valence-corrected chi connectivity index (χ1v) is 9.50. The van der Waals surface area contributed by atoms with E-state index < -0.39 is 6.43 Å². The molecule has 2 aromatic rings. The topological polar surface area (TPSA) is 41.4 Å². The molecule has 0 radical (unpaired) electrons. The summed E-state index contributed by atoms with van der Waals surface area (Å²) in [5.74, 6) is 0.237. The van der Waals surface area contributed by atoms with Gasteiger partial charge in [-0.2, -0.15) is 5.10 Å². The molecule has 2 fully saturated rings. The molecular weight excluding hydrogens is 350 g/mol. The Hall–Kier alpha value is -2.28. The van der Waals surface area contributed by atoms with E-state index in [-0.39, 0.29) is 24.1 Å². The Morgan fingerprint density at radius 2 is 1.81 bits per heavy atom. The van der Waals surface area contributed by atoms with Gasteiger partial charge in [0, 0.05) is 44.3 Å². The van der Waals surface area contributed by atoms with E-state index in [9.17, 15) is 13.6 Å². The Morgan fingerprint density at radius 3 is 2.44 bits per heavy atom. The molecule has 1 saturated heterocycles. The highest BCUT2D eigenvalue weighted by molar-refractivity contribution is 5.76. The van der Waals surface area contributed by atoms with Gasteiger partial charge in [0.25, 0.3) is 6.43 Å². The highest BCUT2D eigenvalue weighted by Gasteiger charge is 2.31. The molecule has 0 N–H and O–H groups in total. The zero-order chi connectivity index (χ0) is 18.8. The number of hydrogen-bond donors (Lipinski definition) is 0. The van der Waals surface area contributed by atoms with Gasteiger partial charge in [-0.1, -0.05) is 30.3 Å². The smallest absolute Gasteiger partial charge is 0.282 e. The summed E-state index contributed by atoms with van der Waals surface area (Å²) in [7, 11) is 0. The standard InChI is InChI=1S/C20H24F2N4O/c21-20(22)17-12-18(16-6-7-16)26(23-17)14-19(27)25-10-8-24(9-11-25)13-15-4-2-1-3-5-15/h1-5,12,16,20H,6-11,13-14H2. The van der Waals surface area contributed by atoms with E-state index in [1.54, 1.807) is 0 Å². The largest absolute Gasteiger partial charge is 0.339 e. The molecule has 4 rings (SSSR count). The first-order valence-electron chi connectivity index (χ1n) is 9.50. The number of aromatic nitrogens is 2. The third kappa shape index (κ3) is 4.35. The van der Waals surface area contributed by atoms with Gasteiger partial charge >= 0.3 is 0 Å². The van der Waals surface area contributed by atoms with Gasteiger partial charge in [-0.3, -0.25) is 14.4 Å². The van der Waals surface area contributed by atoms with E-state index >= 15 is 0 Å². The summed E-state index contributed by atoms with van der Waals surface area (Å²) < 4.78 is 27.5. The van der Waals surface area contributed by atoms with Gasteiger partial charge in [0.2, 0.25) is 5.91 Å². The van der Waals surface area contributed by atoms with E-state index in [2.05, 4.69) is 22.1 Å². The number of halogens is 2. The second-order valence-corrected chi connectivity index (χ2v) is 7.37. The van der Waals surface area contributed by atoms with Crippen molar-refractivity contribution in [3.63, 3.8) is 0 Å². The molecule has 0 unspecified atom stereocenters. The van der Waals surface area contributed by atoms with Crippen molar-refractivity contribution < 1.29 is 13.6 Å². The van der Waals surface area contributed by atoms with Crippen LogP contribution in [-0.4, -0.2) is 51.7 Å². The Morgan fingerprint density at radius 1 is 1.11 bits per heavy atom. The number of hydrogen-bond acceptors (Lipinski definition) is 3. The molecular formula is C20H24F2N4O. The normalized spacial score (nSPS) is 18.3. The summed E-state index contributed by atoms with van der Waals surface area (Å²) in [4.78, 5) is 16.8. The maximum absolute atomic E-state index is 13.0. The van der Waals surface area contributed by atoms with E-state index in [0.717, 1.165) is 38.2 Å². The summed E-state index contributed by atoms with van der Waals surface area (Å²) in [5.41, 5.74) is 1.82. The van der Waals surface area contributed by atoms with Crippen LogP contribution in [0, 0.1) is 0 Å². The average molecular weight is 374 g/mol. The van der Waals surface area contributed by atoms with Gasteiger partial charge < -0.3 is 4.90 Å². The minimum atomic E-state index is -2.60. The first-order chi connectivity index (χ1) is 13.1. The molecule has 0 bridgehead atoms. The van der Waals surface area contributed by atoms with Crippen LogP contribution in [-0.2, 0) is 17.9 Å². The van der Waals surface area contributed by atoms with Crippen molar-refractivity contribution in [1.82, 2.24) is 19.6 Å². The third-order valence-corrected chi connectivity index (χ3v) is 5.31. The predicted molar refractivity (Wildman–Crippen MR) is 97.5 cm³/mol. The lowest BCUT2D eigenvalue weighted by Crippen LogP contribution is -2.49. The number of nitrogens with zero attached hydrogens (tertiary/aromatic N) is 4. The number of amides is 1. The number of rotatable bonds is 6. The molecule has 1 aromatic carbocycles. The molecule has 2 aliphatic rings. The van der Waals surface area contributed by atoms with Gasteiger partial charge in [0.15, 0.2) is 0 Å². The Bertz CT molecular complexity index is 781. The molecule has 144 valence electrons. The first kappa shape index (κ1) is 18.1. The second-order valence-electron chi connectivity index (χ2n) is 7.37. The van der Waals surface area contributed by atoms with Crippen molar-refractivity contribution >= 4 is 5.91 Å². The van der Waals surface area contributed by atoms with E-state index in [1.165, 1.54) is 16.3 Å². The minimum Gasteiger partial charge on any atom is -0.339 e. The molecule has 1 saturated carbocycles. The average Bonchev–Trinajstić information content (AvgIpc) is 3.43. The summed E-state index contributed by atoms with van der Waals surface area (Å²) >= 11 is 0. The van der Waals surface area contributed by atoms with Crippen LogP contribution in [0.15, 0.2) is 36.4 Å². The van der Waals surface area contributed by atoms with E-state index in [0.29, 0.717) is 13.1 Å². The van der Waals surface area contributed by atoms with Crippen LogP contribution in [0.2, 0.25) is 0 Å². The van der Waals surface area contributed by atoms with Crippen LogP contribution in [0.5, 0.6) is 0 Å². The van der Waals surface area contributed by atoms with Crippen LogP contribution < -0.4 is 0 Å². The van der Waals surface area contributed by atoms with E-state index in [1.807, 2.05) is 23.1 Å². The van der Waals surface area contributed by atoms with Crippen molar-refractivity contribution in [3.05, 3.63) is 53.3 Å². The zero-order valence-electron chi connectivity index (χ0n) is 15.2. The van der Waals surface area contributed by atoms with Crippen molar-refractivity contribution in [2.75, 3.05) is 26.2 Å². The van der Waals surface area contributed by atoms with Gasteiger partial charge in [0.05, 0.1) is 0 Å².